The second-order valence-electron chi connectivity index (χ2n) is 8.42. The summed E-state index contributed by atoms with van der Waals surface area (Å²) in [7, 11) is -4.07. The van der Waals surface area contributed by atoms with Crippen LogP contribution < -0.4 is 5.32 Å². The van der Waals surface area contributed by atoms with E-state index in [1.54, 1.807) is 30.3 Å². The minimum atomic E-state index is -4.07. The summed E-state index contributed by atoms with van der Waals surface area (Å²) in [4.78, 5) is 9.44. The van der Waals surface area contributed by atoms with E-state index >= 15 is 0 Å². The van der Waals surface area contributed by atoms with Crippen molar-refractivity contribution in [1.29, 1.82) is 0 Å². The first-order chi connectivity index (χ1) is 16.5. The molecule has 1 saturated carbocycles. The van der Waals surface area contributed by atoms with Gasteiger partial charge in [0.25, 0.3) is 0 Å². The number of rotatable bonds is 6. The summed E-state index contributed by atoms with van der Waals surface area (Å²) in [6, 6.07) is 19.3. The second kappa shape index (κ2) is 9.33. The van der Waals surface area contributed by atoms with E-state index in [1.807, 2.05) is 24.3 Å². The molecule has 1 aliphatic carbocycles. The van der Waals surface area contributed by atoms with Gasteiger partial charge < -0.3 is 10.4 Å². The fraction of sp³-hybridized carbons (Fsp3) is 0.231. The number of hydrogen-bond acceptors (Lipinski definition) is 6. The van der Waals surface area contributed by atoms with Crippen molar-refractivity contribution in [3.05, 3.63) is 77.3 Å². The van der Waals surface area contributed by atoms with E-state index in [9.17, 15) is 13.5 Å². The number of nitrogens with zero attached hydrogens (tertiary/aromatic N) is 2. The monoisotopic (exact) mass is 493 g/mol. The number of aromatic nitrogens is 2. The van der Waals surface area contributed by atoms with Gasteiger partial charge in [-0.2, -0.15) is 0 Å². The smallest absolute Gasteiger partial charge is 0.209 e. The fourth-order valence-corrected chi connectivity index (χ4v) is 6.74. The van der Waals surface area contributed by atoms with Gasteiger partial charge in [-0.1, -0.05) is 60.8 Å². The van der Waals surface area contributed by atoms with Gasteiger partial charge in [-0.25, -0.2) is 18.4 Å². The molecule has 0 saturated heterocycles. The first kappa shape index (κ1) is 22.8. The maximum atomic E-state index is 13.8. The van der Waals surface area contributed by atoms with E-state index in [-0.39, 0.29) is 20.6 Å². The van der Waals surface area contributed by atoms with Gasteiger partial charge in [-0.05, 0) is 48.7 Å². The Bertz CT molecular complexity index is 1470. The summed E-state index contributed by atoms with van der Waals surface area (Å²) in [6.45, 7) is -0.406. The molecule has 6 nitrogen and oxygen atoms in total. The molecule has 1 fully saturated rings. The molecular formula is C26H24ClN3O3S. The second-order valence-corrected chi connectivity index (χ2v) is 10.7. The maximum absolute atomic E-state index is 13.8. The number of hydrogen-bond donors (Lipinski definition) is 2. The van der Waals surface area contributed by atoms with Crippen molar-refractivity contribution in [3.63, 3.8) is 0 Å². The molecule has 174 valence electrons. The van der Waals surface area contributed by atoms with Crippen LogP contribution in [0.5, 0.6) is 0 Å². The number of halogens is 1. The fourth-order valence-electron chi connectivity index (χ4n) is 4.54. The van der Waals surface area contributed by atoms with Crippen LogP contribution in [-0.2, 0) is 16.4 Å². The molecule has 3 aromatic carbocycles. The van der Waals surface area contributed by atoms with Gasteiger partial charge in [-0.15, -0.1) is 0 Å². The van der Waals surface area contributed by atoms with Gasteiger partial charge in [0.05, 0.1) is 22.0 Å². The summed E-state index contributed by atoms with van der Waals surface area (Å²) < 4.78 is 27.6. The molecule has 0 spiro atoms. The van der Waals surface area contributed by atoms with E-state index in [4.69, 9.17) is 21.6 Å². The zero-order valence-electron chi connectivity index (χ0n) is 18.4. The standard InChI is InChI=1S/C26H24ClN3O3S/c27-21-13-7-12-20(24(21)34(32,33)23-15-6-1-8-17(23)16-31)26-29-22-14-5-4-11-19(22)25(30-26)28-18-9-2-3-10-18/h1,4-8,11-15,18,31H,2-3,9-10,16H2,(H,28,29,30). The van der Waals surface area contributed by atoms with Crippen LogP contribution in [0.2, 0.25) is 5.02 Å². The topological polar surface area (TPSA) is 92.2 Å². The molecule has 0 bridgehead atoms. The molecule has 34 heavy (non-hydrogen) atoms. The summed E-state index contributed by atoms with van der Waals surface area (Å²) in [6.07, 6.45) is 4.49. The molecule has 1 heterocycles. The lowest BCUT2D eigenvalue weighted by atomic mass is 10.1. The Morgan fingerprint density at radius 3 is 2.47 bits per heavy atom. The first-order valence-corrected chi connectivity index (χ1v) is 13.1. The average Bonchev–Trinajstić information content (AvgIpc) is 3.36. The third kappa shape index (κ3) is 4.15. The van der Waals surface area contributed by atoms with E-state index in [2.05, 4.69) is 5.32 Å². The van der Waals surface area contributed by atoms with Gasteiger partial charge in [0.2, 0.25) is 9.84 Å². The van der Waals surface area contributed by atoms with Crippen LogP contribution in [-0.4, -0.2) is 29.5 Å². The van der Waals surface area contributed by atoms with Crippen LogP contribution >= 0.6 is 11.6 Å². The molecule has 2 N–H and O–H groups in total. The van der Waals surface area contributed by atoms with Crippen LogP contribution in [0.3, 0.4) is 0 Å². The summed E-state index contributed by atoms with van der Waals surface area (Å²) >= 11 is 6.49. The molecule has 5 rings (SSSR count). The zero-order valence-corrected chi connectivity index (χ0v) is 20.0. The summed E-state index contributed by atoms with van der Waals surface area (Å²) in [5.41, 5.74) is 1.34. The maximum Gasteiger partial charge on any atom is 0.209 e. The van der Waals surface area contributed by atoms with Crippen LogP contribution in [0.4, 0.5) is 5.82 Å². The van der Waals surface area contributed by atoms with Crippen molar-refractivity contribution in [1.82, 2.24) is 9.97 Å². The number of aliphatic hydroxyl groups excluding tert-OH is 1. The Balaban J connectivity index is 1.71. The number of fused-ring (bicyclic) bond motifs is 1. The third-order valence-corrected chi connectivity index (χ3v) is 8.59. The number of anilines is 1. The average molecular weight is 494 g/mol. The Kier molecular flexibility index (Phi) is 6.25. The molecule has 8 heteroatoms. The van der Waals surface area contributed by atoms with E-state index in [1.165, 1.54) is 25.0 Å². The van der Waals surface area contributed by atoms with Gasteiger partial charge in [0, 0.05) is 17.0 Å². The lowest BCUT2D eigenvalue weighted by molar-refractivity contribution is 0.278. The molecule has 1 aliphatic rings. The van der Waals surface area contributed by atoms with Crippen molar-refractivity contribution >= 4 is 38.2 Å². The highest BCUT2D eigenvalue weighted by molar-refractivity contribution is 7.91. The minimum Gasteiger partial charge on any atom is -0.392 e. The van der Waals surface area contributed by atoms with Crippen LogP contribution in [0.15, 0.2) is 76.5 Å². The quantitative estimate of drug-likeness (QED) is 0.361. The van der Waals surface area contributed by atoms with Gasteiger partial charge >= 0.3 is 0 Å². The Labute approximate surface area is 203 Å². The number of benzene rings is 3. The molecule has 0 atom stereocenters. The Hall–Kier alpha value is -3.00. The first-order valence-electron chi connectivity index (χ1n) is 11.2. The van der Waals surface area contributed by atoms with Crippen molar-refractivity contribution < 1.29 is 13.5 Å². The Morgan fingerprint density at radius 2 is 1.68 bits per heavy atom. The van der Waals surface area contributed by atoms with Crippen molar-refractivity contribution in [3.8, 4) is 11.4 Å². The molecule has 0 radical (unpaired) electrons. The van der Waals surface area contributed by atoms with E-state index in [0.29, 0.717) is 28.5 Å². The highest BCUT2D eigenvalue weighted by Gasteiger charge is 2.29. The van der Waals surface area contributed by atoms with Crippen LogP contribution in [0.1, 0.15) is 31.2 Å². The van der Waals surface area contributed by atoms with Gasteiger partial charge in [-0.3, -0.25) is 0 Å². The Morgan fingerprint density at radius 1 is 0.941 bits per heavy atom. The largest absolute Gasteiger partial charge is 0.392 e. The summed E-state index contributed by atoms with van der Waals surface area (Å²) in [5.74, 6) is 0.966. The van der Waals surface area contributed by atoms with Gasteiger partial charge in [0.1, 0.15) is 10.7 Å². The van der Waals surface area contributed by atoms with E-state index < -0.39 is 16.4 Å². The molecule has 0 amide bonds. The summed E-state index contributed by atoms with van der Waals surface area (Å²) in [5, 5.41) is 14.3. The van der Waals surface area contributed by atoms with Crippen molar-refractivity contribution in [2.24, 2.45) is 0 Å². The predicted molar refractivity (Wildman–Crippen MR) is 134 cm³/mol. The van der Waals surface area contributed by atoms with Crippen molar-refractivity contribution in [2.45, 2.75) is 48.1 Å². The zero-order chi connectivity index (χ0) is 23.7. The number of aliphatic hydroxyl groups is 1. The predicted octanol–water partition coefficient (Wildman–Crippen LogP) is 5.63. The molecule has 4 aromatic rings. The number of para-hydroxylation sites is 1. The molecule has 0 aliphatic heterocycles. The van der Waals surface area contributed by atoms with E-state index in [0.717, 1.165) is 18.2 Å². The lowest BCUT2D eigenvalue weighted by Crippen LogP contribution is -2.16. The number of nitrogens with one attached hydrogen (secondary N) is 1. The lowest BCUT2D eigenvalue weighted by Gasteiger charge is -2.17. The van der Waals surface area contributed by atoms with Gasteiger partial charge in [0.15, 0.2) is 5.82 Å². The minimum absolute atomic E-state index is 0.0111. The molecule has 0 unspecified atom stereocenters. The van der Waals surface area contributed by atoms with Crippen LogP contribution in [0.25, 0.3) is 22.3 Å². The normalized spacial score (nSPS) is 14.5. The highest BCUT2D eigenvalue weighted by atomic mass is 35.5. The molecular weight excluding hydrogens is 470 g/mol. The van der Waals surface area contributed by atoms with Crippen LogP contribution in [0, 0.1) is 0 Å². The number of sulfone groups is 1. The molecule has 1 aromatic heterocycles. The highest BCUT2D eigenvalue weighted by Crippen LogP contribution is 2.38. The third-order valence-electron chi connectivity index (χ3n) is 6.21. The van der Waals surface area contributed by atoms with Crippen molar-refractivity contribution in [2.75, 3.05) is 5.32 Å². The SMILES string of the molecule is O=S(=O)(c1ccccc1CO)c1c(Cl)cccc1-c1nc(NC2CCCC2)c2ccccc2n1.